The first-order valence-corrected chi connectivity index (χ1v) is 5.67. The Hall–Kier alpha value is -0.520. The number of likely N-dealkylation sites (N-methyl/N-ethyl adjacent to an activating group) is 1. The Kier molecular flexibility index (Phi) is 5.00. The van der Waals surface area contributed by atoms with Crippen LogP contribution in [0.1, 0.15) is 32.6 Å². The molecule has 2 nitrogen and oxygen atoms in total. The molecule has 0 saturated carbocycles. The van der Waals surface area contributed by atoms with Crippen molar-refractivity contribution in [2.75, 3.05) is 20.1 Å². The van der Waals surface area contributed by atoms with Crippen molar-refractivity contribution in [1.82, 2.24) is 10.2 Å². The monoisotopic (exact) mass is 194 g/mol. The number of likely N-dealkylation sites (tertiary alicyclic amines) is 1. The van der Waals surface area contributed by atoms with E-state index in [9.17, 15) is 0 Å². The summed E-state index contributed by atoms with van der Waals surface area (Å²) in [5.74, 6) is 2.78. The fourth-order valence-corrected chi connectivity index (χ4v) is 2.00. The lowest BCUT2D eigenvalue weighted by Crippen LogP contribution is -2.45. The van der Waals surface area contributed by atoms with Gasteiger partial charge in [-0.3, -0.25) is 0 Å². The minimum absolute atomic E-state index is 0.255. The first-order chi connectivity index (χ1) is 6.77. The van der Waals surface area contributed by atoms with Crippen molar-refractivity contribution in [3.05, 3.63) is 0 Å². The first-order valence-electron chi connectivity index (χ1n) is 5.67. The van der Waals surface area contributed by atoms with Crippen molar-refractivity contribution in [2.45, 2.75) is 44.7 Å². The quantitative estimate of drug-likeness (QED) is 0.682. The minimum atomic E-state index is 0.255. The van der Waals surface area contributed by atoms with Crippen molar-refractivity contribution >= 4 is 0 Å². The summed E-state index contributed by atoms with van der Waals surface area (Å²) in [6, 6.07) is 0.941. The highest BCUT2D eigenvalue weighted by Crippen LogP contribution is 2.14. The number of rotatable bonds is 4. The Bertz CT molecular complexity index is 195. The van der Waals surface area contributed by atoms with Gasteiger partial charge in [0.1, 0.15) is 0 Å². The molecular formula is C12H22N2. The van der Waals surface area contributed by atoms with E-state index >= 15 is 0 Å². The van der Waals surface area contributed by atoms with Crippen LogP contribution in [-0.2, 0) is 0 Å². The summed E-state index contributed by atoms with van der Waals surface area (Å²) in [5.41, 5.74) is 0. The molecule has 1 heterocycles. The summed E-state index contributed by atoms with van der Waals surface area (Å²) in [4.78, 5) is 2.44. The van der Waals surface area contributed by atoms with E-state index in [-0.39, 0.29) is 6.04 Å². The Morgan fingerprint density at radius 3 is 2.93 bits per heavy atom. The molecule has 1 rings (SSSR count). The normalized spacial score (nSPS) is 25.6. The SMILES string of the molecule is C#CC(CC)NCC1CCCCN1C. The lowest BCUT2D eigenvalue weighted by atomic mass is 10.0. The van der Waals surface area contributed by atoms with Gasteiger partial charge in [0, 0.05) is 12.6 Å². The molecule has 1 aliphatic rings. The molecular weight excluding hydrogens is 172 g/mol. The molecule has 1 aliphatic heterocycles. The Morgan fingerprint density at radius 1 is 1.57 bits per heavy atom. The average molecular weight is 194 g/mol. The summed E-state index contributed by atoms with van der Waals surface area (Å²) in [5, 5.41) is 3.44. The van der Waals surface area contributed by atoms with E-state index in [2.05, 4.69) is 30.1 Å². The van der Waals surface area contributed by atoms with Crippen LogP contribution in [0.3, 0.4) is 0 Å². The Labute approximate surface area is 88.1 Å². The van der Waals surface area contributed by atoms with Crippen molar-refractivity contribution < 1.29 is 0 Å². The molecule has 80 valence electrons. The topological polar surface area (TPSA) is 15.3 Å². The molecule has 1 saturated heterocycles. The number of nitrogens with one attached hydrogen (secondary N) is 1. The van der Waals surface area contributed by atoms with Crippen LogP contribution in [-0.4, -0.2) is 37.1 Å². The zero-order valence-electron chi connectivity index (χ0n) is 9.42. The van der Waals surface area contributed by atoms with Crippen molar-refractivity contribution in [3.8, 4) is 12.3 Å². The van der Waals surface area contributed by atoms with Crippen LogP contribution in [0.5, 0.6) is 0 Å². The van der Waals surface area contributed by atoms with E-state index in [1.807, 2.05) is 0 Å². The molecule has 0 aromatic rings. The van der Waals surface area contributed by atoms with E-state index in [4.69, 9.17) is 6.42 Å². The van der Waals surface area contributed by atoms with E-state index in [1.54, 1.807) is 0 Å². The molecule has 0 bridgehead atoms. The second-order valence-corrected chi connectivity index (χ2v) is 4.17. The van der Waals surface area contributed by atoms with Crippen molar-refractivity contribution in [3.63, 3.8) is 0 Å². The van der Waals surface area contributed by atoms with Crippen LogP contribution in [0, 0.1) is 12.3 Å². The number of hydrogen-bond donors (Lipinski definition) is 1. The average Bonchev–Trinajstić information content (AvgIpc) is 2.22. The number of hydrogen-bond acceptors (Lipinski definition) is 2. The minimum Gasteiger partial charge on any atom is -0.302 e. The third-order valence-corrected chi connectivity index (χ3v) is 3.13. The zero-order valence-corrected chi connectivity index (χ0v) is 9.42. The van der Waals surface area contributed by atoms with Crippen molar-refractivity contribution in [1.29, 1.82) is 0 Å². The van der Waals surface area contributed by atoms with Gasteiger partial charge in [-0.05, 0) is 32.9 Å². The smallest absolute Gasteiger partial charge is 0.0684 e. The van der Waals surface area contributed by atoms with Gasteiger partial charge >= 0.3 is 0 Å². The van der Waals surface area contributed by atoms with E-state index in [0.717, 1.165) is 13.0 Å². The van der Waals surface area contributed by atoms with Crippen LogP contribution in [0.2, 0.25) is 0 Å². The predicted octanol–water partition coefficient (Wildman–Crippen LogP) is 1.47. The van der Waals surface area contributed by atoms with Gasteiger partial charge in [0.25, 0.3) is 0 Å². The molecule has 0 spiro atoms. The maximum absolute atomic E-state index is 5.41. The van der Waals surface area contributed by atoms with Crippen molar-refractivity contribution in [2.24, 2.45) is 0 Å². The lowest BCUT2D eigenvalue weighted by molar-refractivity contribution is 0.180. The second-order valence-electron chi connectivity index (χ2n) is 4.17. The maximum atomic E-state index is 5.41. The first kappa shape index (κ1) is 11.6. The van der Waals surface area contributed by atoms with Gasteiger partial charge in [0.15, 0.2) is 0 Å². The van der Waals surface area contributed by atoms with Crippen LogP contribution < -0.4 is 5.32 Å². The van der Waals surface area contributed by atoms with Gasteiger partial charge in [-0.1, -0.05) is 19.3 Å². The summed E-state index contributed by atoms with van der Waals surface area (Å²) < 4.78 is 0. The van der Waals surface area contributed by atoms with Crippen LogP contribution in [0.15, 0.2) is 0 Å². The fraction of sp³-hybridized carbons (Fsp3) is 0.833. The molecule has 2 atom stereocenters. The van der Waals surface area contributed by atoms with E-state index in [1.165, 1.54) is 25.8 Å². The summed E-state index contributed by atoms with van der Waals surface area (Å²) in [6.07, 6.45) is 10.4. The predicted molar refractivity (Wildman–Crippen MR) is 61.2 cm³/mol. The van der Waals surface area contributed by atoms with Crippen LogP contribution >= 0.6 is 0 Å². The molecule has 2 heteroatoms. The molecule has 14 heavy (non-hydrogen) atoms. The molecule has 0 aromatic heterocycles. The van der Waals surface area contributed by atoms with Gasteiger partial charge in [0.05, 0.1) is 6.04 Å². The highest BCUT2D eigenvalue weighted by Gasteiger charge is 2.18. The summed E-state index contributed by atoms with van der Waals surface area (Å²) >= 11 is 0. The number of piperidine rings is 1. The maximum Gasteiger partial charge on any atom is 0.0684 e. The van der Waals surface area contributed by atoms with Gasteiger partial charge < -0.3 is 10.2 Å². The van der Waals surface area contributed by atoms with E-state index < -0.39 is 0 Å². The Balaban J connectivity index is 2.25. The molecule has 0 aliphatic carbocycles. The Morgan fingerprint density at radius 2 is 2.36 bits per heavy atom. The summed E-state index contributed by atoms with van der Waals surface area (Å²) in [7, 11) is 2.21. The van der Waals surface area contributed by atoms with Crippen LogP contribution in [0.25, 0.3) is 0 Å². The highest BCUT2D eigenvalue weighted by atomic mass is 15.2. The highest BCUT2D eigenvalue weighted by molar-refractivity contribution is 4.98. The molecule has 0 aromatic carbocycles. The number of nitrogens with zero attached hydrogens (tertiary/aromatic N) is 1. The zero-order chi connectivity index (χ0) is 10.4. The second kappa shape index (κ2) is 6.06. The fourth-order valence-electron chi connectivity index (χ4n) is 2.00. The van der Waals surface area contributed by atoms with Gasteiger partial charge in [-0.15, -0.1) is 6.42 Å². The van der Waals surface area contributed by atoms with Gasteiger partial charge in [-0.2, -0.15) is 0 Å². The summed E-state index contributed by atoms with van der Waals surface area (Å²) in [6.45, 7) is 4.40. The number of terminal acetylenes is 1. The van der Waals surface area contributed by atoms with Crippen LogP contribution in [0.4, 0.5) is 0 Å². The van der Waals surface area contributed by atoms with Gasteiger partial charge in [-0.25, -0.2) is 0 Å². The van der Waals surface area contributed by atoms with E-state index in [0.29, 0.717) is 6.04 Å². The largest absolute Gasteiger partial charge is 0.302 e. The lowest BCUT2D eigenvalue weighted by Gasteiger charge is -2.33. The van der Waals surface area contributed by atoms with Gasteiger partial charge in [0.2, 0.25) is 0 Å². The molecule has 1 fully saturated rings. The third kappa shape index (κ3) is 3.32. The molecule has 2 unspecified atom stereocenters. The third-order valence-electron chi connectivity index (χ3n) is 3.13. The standard InChI is InChI=1S/C12H22N2/c1-4-11(5-2)13-10-12-8-6-7-9-14(12)3/h1,11-13H,5-10H2,2-3H3. The molecule has 0 radical (unpaired) electrons. The molecule has 0 amide bonds. The molecule has 1 N–H and O–H groups in total.